The van der Waals surface area contributed by atoms with Crippen LogP contribution in [-0.4, -0.2) is 59.4 Å². The molecule has 0 saturated heterocycles. The van der Waals surface area contributed by atoms with Crippen LogP contribution >= 0.6 is 0 Å². The van der Waals surface area contributed by atoms with Crippen LogP contribution in [0.25, 0.3) is 0 Å². The maximum atomic E-state index is 12.4. The van der Waals surface area contributed by atoms with E-state index < -0.39 is 17.8 Å². The molecular weight excluding hydrogens is 272 g/mol. The van der Waals surface area contributed by atoms with Crippen molar-refractivity contribution in [3.05, 3.63) is 12.2 Å². The standard InChI is InChI=1S/C15H24N2O4/c1-4-17(5-2)13(18)10-16(3)14(19)11-8-6-7-9-12(11)15(20)21/h6-7,11-12H,4-5,8-10H2,1-3H3,(H,20,21)/t11-,12+/m1/s1. The van der Waals surface area contributed by atoms with E-state index in [4.69, 9.17) is 0 Å². The SMILES string of the molecule is CCN(CC)C(=O)CN(C)C(=O)[C@@H]1CC=CC[C@@H]1C(=O)O. The Kier molecular flexibility index (Phi) is 6.39. The second-order valence-electron chi connectivity index (χ2n) is 5.25. The van der Waals surface area contributed by atoms with Gasteiger partial charge in [-0.3, -0.25) is 14.4 Å². The van der Waals surface area contributed by atoms with Crippen LogP contribution in [0, 0.1) is 11.8 Å². The lowest BCUT2D eigenvalue weighted by molar-refractivity contribution is -0.151. The fourth-order valence-corrected chi connectivity index (χ4v) is 2.60. The third kappa shape index (κ3) is 4.31. The lowest BCUT2D eigenvalue weighted by atomic mass is 9.82. The topological polar surface area (TPSA) is 77.9 Å². The van der Waals surface area contributed by atoms with Gasteiger partial charge in [-0.05, 0) is 26.7 Å². The van der Waals surface area contributed by atoms with E-state index in [9.17, 15) is 19.5 Å². The maximum absolute atomic E-state index is 12.4. The second-order valence-corrected chi connectivity index (χ2v) is 5.25. The maximum Gasteiger partial charge on any atom is 0.307 e. The normalized spacial score (nSPS) is 20.9. The first-order chi connectivity index (χ1) is 9.92. The molecule has 2 amide bonds. The monoisotopic (exact) mass is 296 g/mol. The Balaban J connectivity index is 2.71. The smallest absolute Gasteiger partial charge is 0.307 e. The summed E-state index contributed by atoms with van der Waals surface area (Å²) in [5.41, 5.74) is 0. The molecule has 0 unspecified atom stereocenters. The van der Waals surface area contributed by atoms with Crippen LogP contribution in [-0.2, 0) is 14.4 Å². The lowest BCUT2D eigenvalue weighted by Gasteiger charge is -2.29. The first-order valence-corrected chi connectivity index (χ1v) is 7.32. The van der Waals surface area contributed by atoms with Crippen LogP contribution < -0.4 is 0 Å². The predicted molar refractivity (Wildman–Crippen MR) is 78.6 cm³/mol. The number of nitrogens with zero attached hydrogens (tertiary/aromatic N) is 2. The number of carboxylic acids is 1. The predicted octanol–water partition coefficient (Wildman–Crippen LogP) is 0.980. The number of carboxylic acid groups (broad SMARTS) is 1. The summed E-state index contributed by atoms with van der Waals surface area (Å²) < 4.78 is 0. The van der Waals surface area contributed by atoms with E-state index in [0.29, 0.717) is 25.9 Å². The molecule has 0 aromatic rings. The summed E-state index contributed by atoms with van der Waals surface area (Å²) in [4.78, 5) is 38.7. The van der Waals surface area contributed by atoms with Crippen molar-refractivity contribution in [1.29, 1.82) is 0 Å². The summed E-state index contributed by atoms with van der Waals surface area (Å²) >= 11 is 0. The summed E-state index contributed by atoms with van der Waals surface area (Å²) in [6, 6.07) is 0. The minimum atomic E-state index is -0.957. The summed E-state index contributed by atoms with van der Waals surface area (Å²) in [6.07, 6.45) is 4.41. The van der Waals surface area contributed by atoms with Gasteiger partial charge in [0.2, 0.25) is 11.8 Å². The molecule has 0 spiro atoms. The highest BCUT2D eigenvalue weighted by atomic mass is 16.4. The number of hydrogen-bond acceptors (Lipinski definition) is 3. The van der Waals surface area contributed by atoms with E-state index in [-0.39, 0.29) is 18.4 Å². The van der Waals surface area contributed by atoms with Gasteiger partial charge in [0.05, 0.1) is 18.4 Å². The summed E-state index contributed by atoms with van der Waals surface area (Å²) in [5.74, 6) is -2.63. The Morgan fingerprint density at radius 3 is 2.10 bits per heavy atom. The van der Waals surface area contributed by atoms with Crippen molar-refractivity contribution >= 4 is 17.8 Å². The molecule has 0 bridgehead atoms. The number of rotatable bonds is 6. The highest BCUT2D eigenvalue weighted by Gasteiger charge is 2.35. The van der Waals surface area contributed by atoms with Crippen molar-refractivity contribution in [3.63, 3.8) is 0 Å². The van der Waals surface area contributed by atoms with Crippen molar-refractivity contribution < 1.29 is 19.5 Å². The summed E-state index contributed by atoms with van der Waals surface area (Å²) in [5, 5.41) is 9.21. The van der Waals surface area contributed by atoms with Gasteiger partial charge < -0.3 is 14.9 Å². The zero-order valence-corrected chi connectivity index (χ0v) is 12.9. The zero-order valence-electron chi connectivity index (χ0n) is 12.9. The highest BCUT2D eigenvalue weighted by molar-refractivity contribution is 5.88. The van der Waals surface area contributed by atoms with Gasteiger partial charge >= 0.3 is 5.97 Å². The van der Waals surface area contributed by atoms with E-state index in [2.05, 4.69) is 0 Å². The van der Waals surface area contributed by atoms with E-state index in [0.717, 1.165) is 0 Å². The Morgan fingerprint density at radius 1 is 1.10 bits per heavy atom. The largest absolute Gasteiger partial charge is 0.481 e. The number of amides is 2. The Labute approximate surface area is 125 Å². The fourth-order valence-electron chi connectivity index (χ4n) is 2.60. The van der Waals surface area contributed by atoms with E-state index in [1.165, 1.54) is 4.90 Å². The second kappa shape index (κ2) is 7.81. The van der Waals surface area contributed by atoms with E-state index in [1.54, 1.807) is 18.0 Å². The van der Waals surface area contributed by atoms with Crippen molar-refractivity contribution in [3.8, 4) is 0 Å². The molecular formula is C15H24N2O4. The van der Waals surface area contributed by atoms with Crippen LogP contribution in [0.15, 0.2) is 12.2 Å². The summed E-state index contributed by atoms with van der Waals surface area (Å²) in [7, 11) is 1.56. The van der Waals surface area contributed by atoms with Crippen molar-refractivity contribution in [2.45, 2.75) is 26.7 Å². The van der Waals surface area contributed by atoms with Gasteiger partial charge in [0, 0.05) is 20.1 Å². The average Bonchev–Trinajstić information content (AvgIpc) is 2.47. The van der Waals surface area contributed by atoms with E-state index in [1.807, 2.05) is 19.9 Å². The summed E-state index contributed by atoms with van der Waals surface area (Å²) in [6.45, 7) is 4.96. The number of carbonyl (C=O) groups excluding carboxylic acids is 2. The van der Waals surface area contributed by atoms with Gasteiger partial charge in [0.25, 0.3) is 0 Å². The third-order valence-electron chi connectivity index (χ3n) is 3.93. The van der Waals surface area contributed by atoms with Crippen LogP contribution in [0.4, 0.5) is 0 Å². The van der Waals surface area contributed by atoms with Crippen molar-refractivity contribution in [1.82, 2.24) is 9.80 Å². The quantitative estimate of drug-likeness (QED) is 0.741. The molecule has 0 saturated carbocycles. The molecule has 0 aromatic carbocycles. The number of likely N-dealkylation sites (N-methyl/N-ethyl adjacent to an activating group) is 2. The van der Waals surface area contributed by atoms with Gasteiger partial charge in [-0.25, -0.2) is 0 Å². The average molecular weight is 296 g/mol. The van der Waals surface area contributed by atoms with Gasteiger partial charge in [-0.1, -0.05) is 12.2 Å². The van der Waals surface area contributed by atoms with Gasteiger partial charge in [-0.2, -0.15) is 0 Å². The van der Waals surface area contributed by atoms with Gasteiger partial charge in [-0.15, -0.1) is 0 Å². The van der Waals surface area contributed by atoms with Gasteiger partial charge in [0.1, 0.15) is 0 Å². The molecule has 21 heavy (non-hydrogen) atoms. The molecule has 1 rings (SSSR count). The zero-order chi connectivity index (χ0) is 16.0. The van der Waals surface area contributed by atoms with Crippen molar-refractivity contribution in [2.24, 2.45) is 11.8 Å². The minimum Gasteiger partial charge on any atom is -0.481 e. The van der Waals surface area contributed by atoms with Crippen LogP contribution in [0.1, 0.15) is 26.7 Å². The Hall–Kier alpha value is -1.85. The third-order valence-corrected chi connectivity index (χ3v) is 3.93. The number of aliphatic carboxylic acids is 1. The van der Waals surface area contributed by atoms with Crippen molar-refractivity contribution in [2.75, 3.05) is 26.7 Å². The van der Waals surface area contributed by atoms with Crippen LogP contribution in [0.3, 0.4) is 0 Å². The molecule has 1 aliphatic carbocycles. The van der Waals surface area contributed by atoms with E-state index >= 15 is 0 Å². The molecule has 6 heteroatoms. The number of carbonyl (C=O) groups is 3. The van der Waals surface area contributed by atoms with Gasteiger partial charge in [0.15, 0.2) is 0 Å². The molecule has 0 aromatic heterocycles. The molecule has 0 radical (unpaired) electrons. The first-order valence-electron chi connectivity index (χ1n) is 7.32. The minimum absolute atomic E-state index is 0.00688. The molecule has 0 heterocycles. The molecule has 0 fully saturated rings. The molecule has 118 valence electrons. The van der Waals surface area contributed by atoms with Crippen LogP contribution in [0.5, 0.6) is 0 Å². The molecule has 1 aliphatic rings. The fraction of sp³-hybridized carbons (Fsp3) is 0.667. The Bertz CT molecular complexity index is 429. The number of hydrogen-bond donors (Lipinski definition) is 1. The molecule has 0 aliphatic heterocycles. The number of allylic oxidation sites excluding steroid dienone is 2. The Morgan fingerprint density at radius 2 is 1.62 bits per heavy atom. The molecule has 6 nitrogen and oxygen atoms in total. The molecule has 2 atom stereocenters. The lowest BCUT2D eigenvalue weighted by Crippen LogP contribution is -2.45. The first kappa shape index (κ1) is 17.2. The molecule has 1 N–H and O–H groups in total. The highest BCUT2D eigenvalue weighted by Crippen LogP contribution is 2.27. The van der Waals surface area contributed by atoms with Crippen LogP contribution in [0.2, 0.25) is 0 Å².